The molecule has 0 aromatic carbocycles. The van der Waals surface area contributed by atoms with Gasteiger partial charge in [0.25, 0.3) is 5.91 Å². The van der Waals surface area contributed by atoms with Crippen molar-refractivity contribution in [3.63, 3.8) is 0 Å². The van der Waals surface area contributed by atoms with Crippen LogP contribution >= 0.6 is 11.6 Å². The Morgan fingerprint density at radius 2 is 2.17 bits per heavy atom. The fourth-order valence-electron chi connectivity index (χ4n) is 1.85. The molecule has 4 heteroatoms. The van der Waals surface area contributed by atoms with E-state index in [0.717, 1.165) is 12.2 Å². The number of carbonyl (C=O) groups is 1. The topological polar surface area (TPSA) is 42.2 Å². The van der Waals surface area contributed by atoms with Crippen molar-refractivity contribution in [3.05, 3.63) is 23.7 Å². The molecular formula is C14H22ClNO2. The van der Waals surface area contributed by atoms with Gasteiger partial charge in [-0.05, 0) is 17.9 Å². The number of amides is 1. The van der Waals surface area contributed by atoms with Gasteiger partial charge in [0.05, 0.1) is 17.2 Å². The minimum atomic E-state index is -0.111. The van der Waals surface area contributed by atoms with E-state index in [1.165, 1.54) is 0 Å². The lowest BCUT2D eigenvalue weighted by molar-refractivity contribution is 0.0950. The lowest BCUT2D eigenvalue weighted by Gasteiger charge is -2.21. The predicted molar refractivity (Wildman–Crippen MR) is 74.1 cm³/mol. The standard InChI is InChI=1S/C14H22ClNO2/c1-5-12-11(6-7-18-12)13(17)16-9-10(15)8-14(2,3)4/h6-7,10H,5,8-9H2,1-4H3,(H,16,17). The van der Waals surface area contributed by atoms with E-state index in [2.05, 4.69) is 26.1 Å². The molecule has 1 heterocycles. The van der Waals surface area contributed by atoms with Gasteiger partial charge < -0.3 is 9.73 Å². The number of hydrogen-bond acceptors (Lipinski definition) is 2. The van der Waals surface area contributed by atoms with Crippen molar-refractivity contribution >= 4 is 17.5 Å². The van der Waals surface area contributed by atoms with Gasteiger partial charge >= 0.3 is 0 Å². The molecule has 0 saturated heterocycles. The highest BCUT2D eigenvalue weighted by molar-refractivity contribution is 6.21. The Labute approximate surface area is 114 Å². The highest BCUT2D eigenvalue weighted by atomic mass is 35.5. The molecule has 0 bridgehead atoms. The van der Waals surface area contributed by atoms with Crippen molar-refractivity contribution < 1.29 is 9.21 Å². The van der Waals surface area contributed by atoms with Gasteiger partial charge in [-0.2, -0.15) is 0 Å². The smallest absolute Gasteiger partial charge is 0.254 e. The van der Waals surface area contributed by atoms with Gasteiger partial charge in [-0.15, -0.1) is 11.6 Å². The van der Waals surface area contributed by atoms with Gasteiger partial charge in [-0.1, -0.05) is 27.7 Å². The number of halogens is 1. The predicted octanol–water partition coefficient (Wildman–Crippen LogP) is 3.62. The third-order valence-corrected chi connectivity index (χ3v) is 2.94. The molecular weight excluding hydrogens is 250 g/mol. The third-order valence-electron chi connectivity index (χ3n) is 2.63. The minimum absolute atomic E-state index is 0.0501. The first-order valence-corrected chi connectivity index (χ1v) is 6.75. The number of hydrogen-bond donors (Lipinski definition) is 1. The maximum atomic E-state index is 11.9. The largest absolute Gasteiger partial charge is 0.469 e. The summed E-state index contributed by atoms with van der Waals surface area (Å²) in [5.74, 6) is 0.606. The van der Waals surface area contributed by atoms with Gasteiger partial charge in [0.1, 0.15) is 5.76 Å². The number of alkyl halides is 1. The Bertz CT molecular complexity index is 393. The molecule has 1 amide bonds. The summed E-state index contributed by atoms with van der Waals surface area (Å²) in [5.41, 5.74) is 0.776. The van der Waals surface area contributed by atoms with Crippen molar-refractivity contribution in [1.29, 1.82) is 0 Å². The van der Waals surface area contributed by atoms with E-state index in [0.29, 0.717) is 18.5 Å². The molecule has 1 aromatic heterocycles. The van der Waals surface area contributed by atoms with Crippen LogP contribution in [0.3, 0.4) is 0 Å². The maximum Gasteiger partial charge on any atom is 0.254 e. The van der Waals surface area contributed by atoms with E-state index in [-0.39, 0.29) is 16.7 Å². The summed E-state index contributed by atoms with van der Waals surface area (Å²) in [5, 5.41) is 2.80. The van der Waals surface area contributed by atoms with Crippen LogP contribution in [0.1, 0.15) is 50.2 Å². The number of nitrogens with one attached hydrogen (secondary N) is 1. The average Bonchev–Trinajstić information content (AvgIpc) is 2.71. The summed E-state index contributed by atoms with van der Waals surface area (Å²) in [4.78, 5) is 11.9. The van der Waals surface area contributed by atoms with Crippen LogP contribution in [0, 0.1) is 5.41 Å². The Kier molecular flexibility index (Phi) is 5.27. The second-order valence-corrected chi connectivity index (χ2v) is 6.30. The molecule has 0 aliphatic heterocycles. The van der Waals surface area contributed by atoms with Gasteiger partial charge in [0.2, 0.25) is 0 Å². The zero-order chi connectivity index (χ0) is 13.8. The van der Waals surface area contributed by atoms with Gasteiger partial charge in [-0.3, -0.25) is 4.79 Å². The molecule has 0 fully saturated rings. The molecule has 1 unspecified atom stereocenters. The summed E-state index contributed by atoms with van der Waals surface area (Å²) in [6.45, 7) is 8.84. The molecule has 1 atom stereocenters. The van der Waals surface area contributed by atoms with Crippen LogP contribution < -0.4 is 5.32 Å². The highest BCUT2D eigenvalue weighted by Gasteiger charge is 2.19. The van der Waals surface area contributed by atoms with Crippen LogP contribution in [0.4, 0.5) is 0 Å². The highest BCUT2D eigenvalue weighted by Crippen LogP contribution is 2.23. The van der Waals surface area contributed by atoms with Crippen molar-refractivity contribution in [2.24, 2.45) is 5.41 Å². The molecule has 0 aliphatic rings. The van der Waals surface area contributed by atoms with E-state index >= 15 is 0 Å². The van der Waals surface area contributed by atoms with E-state index in [9.17, 15) is 4.79 Å². The fraction of sp³-hybridized carbons (Fsp3) is 0.643. The molecule has 0 spiro atoms. The normalized spacial score (nSPS) is 13.4. The first-order valence-electron chi connectivity index (χ1n) is 6.32. The lowest BCUT2D eigenvalue weighted by atomic mass is 9.90. The Hall–Kier alpha value is -0.960. The van der Waals surface area contributed by atoms with E-state index in [4.69, 9.17) is 16.0 Å². The summed E-state index contributed by atoms with van der Waals surface area (Å²) in [7, 11) is 0. The van der Waals surface area contributed by atoms with Crippen LogP contribution in [0.2, 0.25) is 0 Å². The molecule has 1 aromatic rings. The van der Waals surface area contributed by atoms with E-state index < -0.39 is 0 Å². The molecule has 3 nitrogen and oxygen atoms in total. The van der Waals surface area contributed by atoms with Gasteiger partial charge in [0.15, 0.2) is 0 Å². The Morgan fingerprint density at radius 1 is 1.50 bits per heavy atom. The SMILES string of the molecule is CCc1occc1C(=O)NCC(Cl)CC(C)(C)C. The van der Waals surface area contributed by atoms with E-state index in [1.807, 2.05) is 6.92 Å². The Balaban J connectivity index is 2.47. The number of aryl methyl sites for hydroxylation is 1. The fourth-order valence-corrected chi connectivity index (χ4v) is 2.39. The number of carbonyl (C=O) groups excluding carboxylic acids is 1. The first-order chi connectivity index (χ1) is 8.33. The van der Waals surface area contributed by atoms with Crippen LogP contribution in [0.25, 0.3) is 0 Å². The van der Waals surface area contributed by atoms with E-state index in [1.54, 1.807) is 12.3 Å². The van der Waals surface area contributed by atoms with Crippen LogP contribution in [-0.4, -0.2) is 17.8 Å². The van der Waals surface area contributed by atoms with Crippen LogP contribution in [-0.2, 0) is 6.42 Å². The molecule has 0 aliphatic carbocycles. The van der Waals surface area contributed by atoms with Gasteiger partial charge in [-0.25, -0.2) is 0 Å². The molecule has 1 N–H and O–H groups in total. The lowest BCUT2D eigenvalue weighted by Crippen LogP contribution is -2.31. The van der Waals surface area contributed by atoms with Crippen LogP contribution in [0.15, 0.2) is 16.7 Å². The maximum absolute atomic E-state index is 11.9. The molecule has 0 radical (unpaired) electrons. The monoisotopic (exact) mass is 271 g/mol. The third kappa shape index (κ3) is 4.73. The van der Waals surface area contributed by atoms with Gasteiger partial charge in [0, 0.05) is 13.0 Å². The summed E-state index contributed by atoms with van der Waals surface area (Å²) in [6.07, 6.45) is 3.12. The molecule has 102 valence electrons. The number of rotatable bonds is 5. The van der Waals surface area contributed by atoms with Crippen molar-refractivity contribution in [1.82, 2.24) is 5.32 Å². The summed E-state index contributed by atoms with van der Waals surface area (Å²) in [6, 6.07) is 1.70. The molecule has 1 rings (SSSR count). The Morgan fingerprint density at radius 3 is 2.72 bits per heavy atom. The first kappa shape index (κ1) is 15.1. The summed E-state index contributed by atoms with van der Waals surface area (Å²) >= 11 is 6.21. The van der Waals surface area contributed by atoms with Crippen molar-refractivity contribution in [2.45, 2.75) is 45.9 Å². The molecule has 18 heavy (non-hydrogen) atoms. The zero-order valence-corrected chi connectivity index (χ0v) is 12.3. The second-order valence-electron chi connectivity index (χ2n) is 5.68. The second kappa shape index (κ2) is 6.28. The molecule has 0 saturated carbocycles. The quantitative estimate of drug-likeness (QED) is 0.831. The zero-order valence-electron chi connectivity index (χ0n) is 11.5. The average molecular weight is 272 g/mol. The van der Waals surface area contributed by atoms with Crippen molar-refractivity contribution in [3.8, 4) is 0 Å². The van der Waals surface area contributed by atoms with Crippen molar-refractivity contribution in [2.75, 3.05) is 6.54 Å². The summed E-state index contributed by atoms with van der Waals surface area (Å²) < 4.78 is 5.23. The number of furan rings is 1. The van der Waals surface area contributed by atoms with Crippen LogP contribution in [0.5, 0.6) is 0 Å². The minimum Gasteiger partial charge on any atom is -0.469 e.